The van der Waals surface area contributed by atoms with Crippen molar-refractivity contribution in [3.63, 3.8) is 0 Å². The van der Waals surface area contributed by atoms with Crippen molar-refractivity contribution in [2.45, 2.75) is 20.3 Å². The Bertz CT molecular complexity index is 484. The third-order valence-electron chi connectivity index (χ3n) is 2.01. The zero-order valence-corrected chi connectivity index (χ0v) is 9.64. The summed E-state index contributed by atoms with van der Waals surface area (Å²) in [7, 11) is 0. The quantitative estimate of drug-likeness (QED) is 0.584. The lowest BCUT2D eigenvalue weighted by Crippen LogP contribution is -2.01. The molecule has 0 saturated carbocycles. The Labute approximate surface area is 98.6 Å². The molecule has 90 valence electrons. The van der Waals surface area contributed by atoms with Gasteiger partial charge in [-0.2, -0.15) is 0 Å². The van der Waals surface area contributed by atoms with E-state index in [1.165, 1.54) is 13.0 Å². The summed E-state index contributed by atoms with van der Waals surface area (Å²) in [6.45, 7) is 3.49. The largest absolute Gasteiger partial charge is 0.465 e. The van der Waals surface area contributed by atoms with Crippen LogP contribution in [0, 0.1) is 30.4 Å². The third-order valence-corrected chi connectivity index (χ3v) is 2.01. The highest BCUT2D eigenvalue weighted by Gasteiger charge is 2.05. The number of aryl methyl sites for hydroxylation is 1. The smallest absolute Gasteiger partial charge is 0.317 e. The molecule has 1 aromatic rings. The third kappa shape index (κ3) is 3.87. The minimum absolute atomic E-state index is 0.0770. The lowest BCUT2D eigenvalue weighted by molar-refractivity contribution is -0.141. The van der Waals surface area contributed by atoms with E-state index in [0.717, 1.165) is 6.07 Å². The fourth-order valence-corrected chi connectivity index (χ4v) is 1.18. The van der Waals surface area contributed by atoms with Gasteiger partial charge in [0.15, 0.2) is 0 Å². The number of ether oxygens (including phenoxy) is 1. The first-order valence-electron chi connectivity index (χ1n) is 5.14. The van der Waals surface area contributed by atoms with Crippen LogP contribution in [0.4, 0.5) is 8.78 Å². The molecular formula is C13H12F2O2. The molecule has 1 aromatic carbocycles. The highest BCUT2D eigenvalue weighted by Crippen LogP contribution is 2.12. The van der Waals surface area contributed by atoms with Crippen LogP contribution in [0.25, 0.3) is 0 Å². The van der Waals surface area contributed by atoms with Gasteiger partial charge in [0.25, 0.3) is 0 Å². The van der Waals surface area contributed by atoms with E-state index >= 15 is 0 Å². The fourth-order valence-electron chi connectivity index (χ4n) is 1.18. The number of carbonyl (C=O) groups is 1. The second-order valence-electron chi connectivity index (χ2n) is 3.36. The van der Waals surface area contributed by atoms with Crippen LogP contribution in [0.1, 0.15) is 24.5 Å². The minimum Gasteiger partial charge on any atom is -0.465 e. The number of hydrogen-bond acceptors (Lipinski definition) is 2. The first-order valence-corrected chi connectivity index (χ1v) is 5.14. The topological polar surface area (TPSA) is 26.3 Å². The van der Waals surface area contributed by atoms with Gasteiger partial charge in [0.2, 0.25) is 0 Å². The summed E-state index contributed by atoms with van der Waals surface area (Å²) in [5.74, 6) is 3.16. The minimum atomic E-state index is -0.732. The maximum atomic E-state index is 13.2. The van der Waals surface area contributed by atoms with E-state index in [9.17, 15) is 13.6 Å². The van der Waals surface area contributed by atoms with Crippen LogP contribution in [0.5, 0.6) is 0 Å². The lowest BCUT2D eigenvalue weighted by atomic mass is 10.1. The molecule has 0 aliphatic carbocycles. The predicted octanol–water partition coefficient (Wildman–Crippen LogP) is 2.58. The molecule has 0 amide bonds. The van der Waals surface area contributed by atoms with Crippen LogP contribution in [-0.2, 0) is 9.53 Å². The molecule has 0 spiro atoms. The number of benzene rings is 1. The Kier molecular flexibility index (Phi) is 4.65. The Morgan fingerprint density at radius 3 is 2.71 bits per heavy atom. The number of esters is 1. The zero-order chi connectivity index (χ0) is 12.8. The van der Waals surface area contributed by atoms with E-state index < -0.39 is 17.6 Å². The van der Waals surface area contributed by atoms with Gasteiger partial charge >= 0.3 is 5.97 Å². The first kappa shape index (κ1) is 13.2. The molecule has 0 aliphatic heterocycles. The van der Waals surface area contributed by atoms with Crippen molar-refractivity contribution in [3.05, 3.63) is 34.9 Å². The maximum absolute atomic E-state index is 13.2. The molecule has 2 nitrogen and oxygen atoms in total. The molecule has 0 aromatic heterocycles. The highest BCUT2D eigenvalue weighted by molar-refractivity contribution is 5.72. The monoisotopic (exact) mass is 238 g/mol. The second-order valence-corrected chi connectivity index (χ2v) is 3.36. The Hall–Kier alpha value is -1.89. The van der Waals surface area contributed by atoms with Crippen molar-refractivity contribution < 1.29 is 18.3 Å². The summed E-state index contributed by atoms with van der Waals surface area (Å²) < 4.78 is 30.9. The zero-order valence-electron chi connectivity index (χ0n) is 9.64. The average Bonchev–Trinajstić information content (AvgIpc) is 2.26. The summed E-state index contributed by atoms with van der Waals surface area (Å²) in [5, 5.41) is 0. The number of hydrogen-bond donors (Lipinski definition) is 0. The number of halogens is 2. The van der Waals surface area contributed by atoms with Crippen molar-refractivity contribution in [2.75, 3.05) is 6.61 Å². The van der Waals surface area contributed by atoms with E-state index in [0.29, 0.717) is 5.56 Å². The Balaban J connectivity index is 2.79. The lowest BCUT2D eigenvalue weighted by Gasteiger charge is -1.99. The van der Waals surface area contributed by atoms with Crippen LogP contribution in [-0.4, -0.2) is 12.6 Å². The summed E-state index contributed by atoms with van der Waals surface area (Å²) in [6.07, 6.45) is -0.107. The van der Waals surface area contributed by atoms with Crippen LogP contribution in [0.2, 0.25) is 0 Å². The summed E-state index contributed by atoms with van der Waals surface area (Å²) in [4.78, 5) is 11.0. The van der Waals surface area contributed by atoms with Crippen molar-refractivity contribution in [3.8, 4) is 11.8 Å². The Morgan fingerprint density at radius 1 is 1.35 bits per heavy atom. The summed E-state index contributed by atoms with van der Waals surface area (Å²) in [6, 6.07) is 2.09. The standard InChI is InChI=1S/C13H12F2O2/c1-3-17-13(16)6-4-5-10-7-9(2)11(14)8-12(10)15/h7-8H,3,6H2,1-2H3. The molecule has 0 radical (unpaired) electrons. The molecule has 0 N–H and O–H groups in total. The molecule has 0 saturated heterocycles. The van der Waals surface area contributed by atoms with Gasteiger partial charge in [-0.3, -0.25) is 4.79 Å². The molecule has 1 rings (SSSR count). The van der Waals surface area contributed by atoms with Crippen molar-refractivity contribution in [1.82, 2.24) is 0 Å². The molecule has 0 unspecified atom stereocenters. The first-order chi connectivity index (χ1) is 8.04. The predicted molar refractivity (Wildman–Crippen MR) is 59.2 cm³/mol. The Morgan fingerprint density at radius 2 is 2.06 bits per heavy atom. The van der Waals surface area contributed by atoms with E-state index in [4.69, 9.17) is 0 Å². The maximum Gasteiger partial charge on any atom is 0.317 e. The molecule has 0 fully saturated rings. The average molecular weight is 238 g/mol. The van der Waals surface area contributed by atoms with E-state index in [2.05, 4.69) is 16.6 Å². The van der Waals surface area contributed by atoms with Gasteiger partial charge in [-0.05, 0) is 25.5 Å². The van der Waals surface area contributed by atoms with Gasteiger partial charge in [0.1, 0.15) is 18.1 Å². The van der Waals surface area contributed by atoms with Gasteiger partial charge in [0, 0.05) is 6.07 Å². The van der Waals surface area contributed by atoms with E-state index in [-0.39, 0.29) is 18.6 Å². The molecule has 0 atom stereocenters. The van der Waals surface area contributed by atoms with Gasteiger partial charge in [-0.25, -0.2) is 8.78 Å². The highest BCUT2D eigenvalue weighted by atomic mass is 19.1. The molecule has 4 heteroatoms. The van der Waals surface area contributed by atoms with E-state index in [1.54, 1.807) is 6.92 Å². The molecular weight excluding hydrogens is 226 g/mol. The molecule has 17 heavy (non-hydrogen) atoms. The number of carbonyl (C=O) groups excluding carboxylic acids is 1. The van der Waals surface area contributed by atoms with Crippen LogP contribution < -0.4 is 0 Å². The fraction of sp³-hybridized carbons (Fsp3) is 0.308. The summed E-state index contributed by atoms with van der Waals surface area (Å²) >= 11 is 0. The van der Waals surface area contributed by atoms with E-state index in [1.807, 2.05) is 0 Å². The number of rotatable bonds is 2. The molecule has 0 bridgehead atoms. The summed E-state index contributed by atoms with van der Waals surface area (Å²) in [5.41, 5.74) is 0.389. The molecule has 0 heterocycles. The normalized spacial score (nSPS) is 9.41. The van der Waals surface area contributed by atoms with Crippen LogP contribution >= 0.6 is 0 Å². The van der Waals surface area contributed by atoms with Crippen LogP contribution in [0.15, 0.2) is 12.1 Å². The SMILES string of the molecule is CCOC(=O)CC#Cc1cc(C)c(F)cc1F. The van der Waals surface area contributed by atoms with Gasteiger partial charge < -0.3 is 4.74 Å². The van der Waals surface area contributed by atoms with Gasteiger partial charge in [0.05, 0.1) is 12.2 Å². The van der Waals surface area contributed by atoms with Gasteiger partial charge in [-0.15, -0.1) is 0 Å². The van der Waals surface area contributed by atoms with Gasteiger partial charge in [-0.1, -0.05) is 11.8 Å². The van der Waals surface area contributed by atoms with Crippen molar-refractivity contribution in [2.24, 2.45) is 0 Å². The van der Waals surface area contributed by atoms with Crippen LogP contribution in [0.3, 0.4) is 0 Å². The van der Waals surface area contributed by atoms with Crippen molar-refractivity contribution >= 4 is 5.97 Å². The second kappa shape index (κ2) is 6.00. The van der Waals surface area contributed by atoms with Crippen molar-refractivity contribution in [1.29, 1.82) is 0 Å². The molecule has 0 aliphatic rings.